The summed E-state index contributed by atoms with van der Waals surface area (Å²) in [5.41, 5.74) is 3.00. The zero-order valence-corrected chi connectivity index (χ0v) is 11.2. The molecule has 0 heterocycles. The first-order valence-corrected chi connectivity index (χ1v) is 7.38. The van der Waals surface area contributed by atoms with Crippen molar-refractivity contribution in [2.24, 2.45) is 11.8 Å². The van der Waals surface area contributed by atoms with Crippen LogP contribution in [0.5, 0.6) is 0 Å². The average molecular weight is 242 g/mol. The van der Waals surface area contributed by atoms with Crippen LogP contribution >= 0.6 is 0 Å². The predicted molar refractivity (Wildman–Crippen MR) is 73.6 cm³/mol. The highest BCUT2D eigenvalue weighted by Crippen LogP contribution is 2.42. The smallest absolute Gasteiger partial charge is 0.136 e. The van der Waals surface area contributed by atoms with Crippen LogP contribution < -0.4 is 0 Å². The van der Waals surface area contributed by atoms with Crippen molar-refractivity contribution >= 4 is 5.78 Å². The van der Waals surface area contributed by atoms with Crippen LogP contribution in [0.3, 0.4) is 0 Å². The van der Waals surface area contributed by atoms with Gasteiger partial charge in [0.25, 0.3) is 0 Å². The van der Waals surface area contributed by atoms with Gasteiger partial charge in [-0.2, -0.15) is 0 Å². The third-order valence-corrected chi connectivity index (χ3v) is 4.98. The van der Waals surface area contributed by atoms with Gasteiger partial charge >= 0.3 is 0 Å². The van der Waals surface area contributed by atoms with Crippen LogP contribution in [0, 0.1) is 11.8 Å². The Bertz CT molecular complexity index is 449. The minimum Gasteiger partial charge on any atom is -0.299 e. The molecule has 18 heavy (non-hydrogen) atoms. The lowest BCUT2D eigenvalue weighted by molar-refractivity contribution is -0.126. The summed E-state index contributed by atoms with van der Waals surface area (Å²) in [6.45, 7) is 2.26. The largest absolute Gasteiger partial charge is 0.299 e. The molecule has 1 saturated carbocycles. The lowest BCUT2D eigenvalue weighted by atomic mass is 9.69. The molecule has 1 aromatic rings. The highest BCUT2D eigenvalue weighted by Gasteiger charge is 2.33. The number of rotatable bonds is 3. The second-order valence-corrected chi connectivity index (χ2v) is 6.05. The molecule has 0 saturated heterocycles. The molecule has 1 aromatic carbocycles. The van der Waals surface area contributed by atoms with E-state index < -0.39 is 0 Å². The number of Topliss-reactive ketones (excluding diaryl/α,β-unsaturated/α-hetero) is 1. The third-order valence-electron chi connectivity index (χ3n) is 4.98. The fourth-order valence-electron chi connectivity index (χ4n) is 3.72. The summed E-state index contributed by atoms with van der Waals surface area (Å²) in [6, 6.07) is 8.72. The average Bonchev–Trinajstić information content (AvgIpc) is 2.38. The number of carbonyl (C=O) groups is 1. The molecule has 1 fully saturated rings. The molecule has 0 aromatic heterocycles. The van der Waals surface area contributed by atoms with Gasteiger partial charge in [0.2, 0.25) is 0 Å². The summed E-state index contributed by atoms with van der Waals surface area (Å²) < 4.78 is 0. The van der Waals surface area contributed by atoms with Crippen LogP contribution in [0.25, 0.3) is 0 Å². The van der Waals surface area contributed by atoms with Crippen LogP contribution in [-0.2, 0) is 11.2 Å². The Morgan fingerprint density at radius 1 is 1.22 bits per heavy atom. The second-order valence-electron chi connectivity index (χ2n) is 6.05. The van der Waals surface area contributed by atoms with Gasteiger partial charge in [-0.15, -0.1) is 0 Å². The highest BCUT2D eigenvalue weighted by atomic mass is 16.1. The molecular formula is C17H22O. The summed E-state index contributed by atoms with van der Waals surface area (Å²) in [4.78, 5) is 12.0. The first-order valence-electron chi connectivity index (χ1n) is 7.38. The van der Waals surface area contributed by atoms with Gasteiger partial charge in [0.15, 0.2) is 0 Å². The van der Waals surface area contributed by atoms with Crippen molar-refractivity contribution in [2.75, 3.05) is 0 Å². The van der Waals surface area contributed by atoms with Crippen LogP contribution in [0.4, 0.5) is 0 Å². The summed E-state index contributed by atoms with van der Waals surface area (Å²) in [7, 11) is 0. The van der Waals surface area contributed by atoms with Gasteiger partial charge in [-0.3, -0.25) is 4.79 Å². The SMILES string of the molecule is CCC1CCC(=O)C(CC2Cc3ccccc32)C1. The minimum atomic E-state index is 0.349. The Labute approximate surface area is 110 Å². The first-order chi connectivity index (χ1) is 8.78. The van der Waals surface area contributed by atoms with Crippen molar-refractivity contribution in [1.29, 1.82) is 0 Å². The van der Waals surface area contributed by atoms with E-state index in [-0.39, 0.29) is 0 Å². The molecule has 2 aliphatic rings. The topological polar surface area (TPSA) is 17.1 Å². The number of benzene rings is 1. The Hall–Kier alpha value is -1.11. The zero-order chi connectivity index (χ0) is 12.5. The van der Waals surface area contributed by atoms with Gasteiger partial charge < -0.3 is 0 Å². The molecule has 0 N–H and O–H groups in total. The van der Waals surface area contributed by atoms with E-state index in [1.165, 1.54) is 24.0 Å². The van der Waals surface area contributed by atoms with Gasteiger partial charge in [-0.05, 0) is 48.6 Å². The van der Waals surface area contributed by atoms with Gasteiger partial charge in [0, 0.05) is 12.3 Å². The quantitative estimate of drug-likeness (QED) is 0.779. The lowest BCUT2D eigenvalue weighted by Gasteiger charge is -2.35. The maximum atomic E-state index is 12.0. The molecule has 96 valence electrons. The number of carbonyl (C=O) groups excluding carboxylic acids is 1. The maximum absolute atomic E-state index is 12.0. The maximum Gasteiger partial charge on any atom is 0.136 e. The van der Waals surface area contributed by atoms with Gasteiger partial charge in [-0.25, -0.2) is 0 Å². The highest BCUT2D eigenvalue weighted by molar-refractivity contribution is 5.81. The molecule has 0 bridgehead atoms. The molecule has 0 aliphatic heterocycles. The zero-order valence-electron chi connectivity index (χ0n) is 11.2. The molecule has 3 unspecified atom stereocenters. The molecule has 0 radical (unpaired) electrons. The Kier molecular flexibility index (Phi) is 3.23. The van der Waals surface area contributed by atoms with Crippen molar-refractivity contribution in [3.05, 3.63) is 35.4 Å². The van der Waals surface area contributed by atoms with Crippen molar-refractivity contribution in [3.8, 4) is 0 Å². The Morgan fingerprint density at radius 3 is 2.83 bits per heavy atom. The van der Waals surface area contributed by atoms with Gasteiger partial charge in [0.05, 0.1) is 0 Å². The van der Waals surface area contributed by atoms with Crippen molar-refractivity contribution in [2.45, 2.75) is 51.4 Å². The first kappa shape index (κ1) is 12.0. The predicted octanol–water partition coefficient (Wildman–Crippen LogP) is 4.11. The van der Waals surface area contributed by atoms with Gasteiger partial charge in [-0.1, -0.05) is 37.6 Å². The summed E-state index contributed by atoms with van der Waals surface area (Å²) in [5, 5.41) is 0. The fraction of sp³-hybridized carbons (Fsp3) is 0.588. The number of hydrogen-bond acceptors (Lipinski definition) is 1. The van der Waals surface area contributed by atoms with Crippen LogP contribution in [0.2, 0.25) is 0 Å². The van der Waals surface area contributed by atoms with E-state index in [0.717, 1.165) is 31.6 Å². The van der Waals surface area contributed by atoms with Crippen molar-refractivity contribution in [3.63, 3.8) is 0 Å². The van der Waals surface area contributed by atoms with Crippen LogP contribution in [-0.4, -0.2) is 5.78 Å². The summed E-state index contributed by atoms with van der Waals surface area (Å²) >= 11 is 0. The third kappa shape index (κ3) is 2.11. The fourth-order valence-corrected chi connectivity index (χ4v) is 3.72. The van der Waals surface area contributed by atoms with Crippen LogP contribution in [0.15, 0.2) is 24.3 Å². The molecule has 1 heteroatoms. The van der Waals surface area contributed by atoms with E-state index >= 15 is 0 Å². The Balaban J connectivity index is 1.65. The monoisotopic (exact) mass is 242 g/mol. The molecular weight excluding hydrogens is 220 g/mol. The van der Waals surface area contributed by atoms with E-state index in [2.05, 4.69) is 31.2 Å². The van der Waals surface area contributed by atoms with Crippen molar-refractivity contribution in [1.82, 2.24) is 0 Å². The normalized spacial score (nSPS) is 30.7. The molecule has 2 aliphatic carbocycles. The second kappa shape index (κ2) is 4.87. The standard InChI is InChI=1S/C17H22O/c1-2-12-7-8-17(18)15(9-12)11-14-10-13-5-3-4-6-16(13)14/h3-6,12,14-15H,2,7-11H2,1H3. The summed E-state index contributed by atoms with van der Waals surface area (Å²) in [6.07, 6.45) is 6.65. The number of fused-ring (bicyclic) bond motifs is 1. The minimum absolute atomic E-state index is 0.349. The summed E-state index contributed by atoms with van der Waals surface area (Å²) in [5.74, 6) is 2.33. The van der Waals surface area contributed by atoms with E-state index in [9.17, 15) is 4.79 Å². The number of ketones is 1. The molecule has 0 amide bonds. The van der Waals surface area contributed by atoms with Crippen LogP contribution in [0.1, 0.15) is 56.1 Å². The lowest BCUT2D eigenvalue weighted by Crippen LogP contribution is -2.29. The van der Waals surface area contributed by atoms with E-state index in [1.807, 2.05) is 0 Å². The van der Waals surface area contributed by atoms with E-state index in [1.54, 1.807) is 0 Å². The molecule has 3 atom stereocenters. The number of hydrogen-bond donors (Lipinski definition) is 0. The molecule has 0 spiro atoms. The molecule has 3 rings (SSSR count). The molecule has 1 nitrogen and oxygen atoms in total. The van der Waals surface area contributed by atoms with Gasteiger partial charge in [0.1, 0.15) is 5.78 Å². The Morgan fingerprint density at radius 2 is 2.06 bits per heavy atom. The van der Waals surface area contributed by atoms with E-state index in [0.29, 0.717) is 17.6 Å². The van der Waals surface area contributed by atoms with Crippen molar-refractivity contribution < 1.29 is 4.79 Å². The van der Waals surface area contributed by atoms with E-state index in [4.69, 9.17) is 0 Å².